The highest BCUT2D eigenvalue weighted by molar-refractivity contribution is 6.03. The number of ether oxygens (including phenoxy) is 2. The lowest BCUT2D eigenvalue weighted by Crippen LogP contribution is -2.28. The number of rotatable bonds is 5. The van der Waals surface area contributed by atoms with Crippen LogP contribution in [-0.2, 0) is 9.59 Å². The van der Waals surface area contributed by atoms with Gasteiger partial charge in [0.05, 0.1) is 18.7 Å². The fourth-order valence-corrected chi connectivity index (χ4v) is 2.91. The second-order valence-corrected chi connectivity index (χ2v) is 6.14. The zero-order chi connectivity index (χ0) is 20.3. The molecule has 0 spiro atoms. The Morgan fingerprint density at radius 1 is 1.14 bits per heavy atom. The van der Waals surface area contributed by atoms with Gasteiger partial charge in [-0.05, 0) is 36.4 Å². The second kappa shape index (κ2) is 7.79. The first-order valence-corrected chi connectivity index (χ1v) is 8.37. The van der Waals surface area contributed by atoms with Crippen molar-refractivity contribution in [2.24, 2.45) is 5.92 Å². The Hall–Kier alpha value is -3.23. The van der Waals surface area contributed by atoms with E-state index < -0.39 is 23.9 Å². The van der Waals surface area contributed by atoms with Crippen LogP contribution in [0.4, 0.5) is 24.5 Å². The van der Waals surface area contributed by atoms with Crippen molar-refractivity contribution in [3.05, 3.63) is 48.5 Å². The number of nitrogens with one attached hydrogen (secondary N) is 1. The molecule has 28 heavy (non-hydrogen) atoms. The van der Waals surface area contributed by atoms with E-state index in [1.807, 2.05) is 0 Å². The van der Waals surface area contributed by atoms with Gasteiger partial charge in [0.25, 0.3) is 0 Å². The maximum atomic E-state index is 12.5. The van der Waals surface area contributed by atoms with Gasteiger partial charge in [-0.15, -0.1) is 13.2 Å². The first-order valence-electron chi connectivity index (χ1n) is 8.37. The Bertz CT molecular complexity index is 868. The highest BCUT2D eigenvalue weighted by Crippen LogP contribution is 2.32. The fraction of sp³-hybridized carbons (Fsp3) is 0.263. The maximum Gasteiger partial charge on any atom is 0.573 e. The summed E-state index contributed by atoms with van der Waals surface area (Å²) in [5.41, 5.74) is 0.502. The van der Waals surface area contributed by atoms with Gasteiger partial charge in [0.1, 0.15) is 5.75 Å². The summed E-state index contributed by atoms with van der Waals surface area (Å²) in [6.07, 6.45) is -4.92. The van der Waals surface area contributed by atoms with Crippen LogP contribution < -0.4 is 19.7 Å². The summed E-state index contributed by atoms with van der Waals surface area (Å²) < 4.78 is 46.5. The quantitative estimate of drug-likeness (QED) is 0.842. The van der Waals surface area contributed by atoms with Crippen molar-refractivity contribution in [3.8, 4) is 11.5 Å². The molecule has 2 amide bonds. The van der Waals surface area contributed by atoms with E-state index in [2.05, 4.69) is 10.1 Å². The third-order valence-electron chi connectivity index (χ3n) is 4.25. The van der Waals surface area contributed by atoms with Crippen LogP contribution in [0.15, 0.2) is 48.5 Å². The summed E-state index contributed by atoms with van der Waals surface area (Å²) >= 11 is 0. The van der Waals surface area contributed by atoms with Crippen molar-refractivity contribution in [2.75, 3.05) is 23.9 Å². The number of anilines is 2. The number of alkyl halides is 3. The third kappa shape index (κ3) is 4.54. The first kappa shape index (κ1) is 19.5. The molecule has 1 heterocycles. The Balaban J connectivity index is 1.70. The van der Waals surface area contributed by atoms with Gasteiger partial charge in [-0.2, -0.15) is 0 Å². The minimum absolute atomic E-state index is 0.0415. The zero-order valence-corrected chi connectivity index (χ0v) is 14.8. The number of hydrogen-bond acceptors (Lipinski definition) is 4. The standard InChI is InChI=1S/C19H17F3N2O4/c1-27-14-8-6-13(7-9-14)24-11-12(10-17(24)25)18(26)23-15-4-2-3-5-16(15)28-19(20,21)22/h2-9,12H,10-11H2,1H3,(H,23,26). The molecule has 0 bridgehead atoms. The van der Waals surface area contributed by atoms with Gasteiger partial charge >= 0.3 is 6.36 Å². The Morgan fingerprint density at radius 3 is 2.46 bits per heavy atom. The van der Waals surface area contributed by atoms with Gasteiger partial charge < -0.3 is 19.7 Å². The molecule has 0 saturated carbocycles. The van der Waals surface area contributed by atoms with Gasteiger partial charge in [-0.1, -0.05) is 12.1 Å². The Labute approximate surface area is 158 Å². The first-order chi connectivity index (χ1) is 13.3. The predicted molar refractivity (Wildman–Crippen MR) is 95.2 cm³/mol. The second-order valence-electron chi connectivity index (χ2n) is 6.14. The molecule has 1 unspecified atom stereocenters. The van der Waals surface area contributed by atoms with Gasteiger partial charge in [-0.3, -0.25) is 9.59 Å². The summed E-state index contributed by atoms with van der Waals surface area (Å²) in [4.78, 5) is 26.3. The number of amides is 2. The van der Waals surface area contributed by atoms with Crippen molar-refractivity contribution in [2.45, 2.75) is 12.8 Å². The maximum absolute atomic E-state index is 12.5. The van der Waals surface area contributed by atoms with Crippen molar-refractivity contribution < 1.29 is 32.2 Å². The zero-order valence-electron chi connectivity index (χ0n) is 14.8. The van der Waals surface area contributed by atoms with Gasteiger partial charge in [0.15, 0.2) is 5.75 Å². The van der Waals surface area contributed by atoms with Crippen LogP contribution in [-0.4, -0.2) is 31.8 Å². The SMILES string of the molecule is COc1ccc(N2CC(C(=O)Nc3ccccc3OC(F)(F)F)CC2=O)cc1. The summed E-state index contributed by atoms with van der Waals surface area (Å²) in [5.74, 6) is -1.38. The molecule has 1 fully saturated rings. The number of para-hydroxylation sites is 2. The monoisotopic (exact) mass is 394 g/mol. The molecule has 6 nitrogen and oxygen atoms in total. The van der Waals surface area contributed by atoms with Gasteiger partial charge in [-0.25, -0.2) is 0 Å². The van der Waals surface area contributed by atoms with Crippen LogP contribution in [0.1, 0.15) is 6.42 Å². The fourth-order valence-electron chi connectivity index (χ4n) is 2.91. The van der Waals surface area contributed by atoms with Crippen LogP contribution in [0.5, 0.6) is 11.5 Å². The molecular weight excluding hydrogens is 377 g/mol. The average Bonchev–Trinajstić information content (AvgIpc) is 3.04. The summed E-state index contributed by atoms with van der Waals surface area (Å²) in [7, 11) is 1.52. The predicted octanol–water partition coefficient (Wildman–Crippen LogP) is 3.59. The molecule has 9 heteroatoms. The largest absolute Gasteiger partial charge is 0.573 e. The van der Waals surface area contributed by atoms with E-state index in [9.17, 15) is 22.8 Å². The number of hydrogen-bond donors (Lipinski definition) is 1. The molecule has 1 aliphatic heterocycles. The molecule has 2 aromatic rings. The number of nitrogens with zero attached hydrogens (tertiary/aromatic N) is 1. The van der Waals surface area contributed by atoms with Crippen molar-refractivity contribution in [3.63, 3.8) is 0 Å². The van der Waals surface area contributed by atoms with E-state index in [0.29, 0.717) is 11.4 Å². The average molecular weight is 394 g/mol. The van der Waals surface area contributed by atoms with E-state index in [1.165, 1.54) is 30.2 Å². The van der Waals surface area contributed by atoms with E-state index in [1.54, 1.807) is 24.3 Å². The van der Waals surface area contributed by atoms with Gasteiger partial charge in [0, 0.05) is 18.7 Å². The normalized spacial score (nSPS) is 16.8. The summed E-state index contributed by atoms with van der Waals surface area (Å²) in [6, 6.07) is 12.0. The highest BCUT2D eigenvalue weighted by atomic mass is 19.4. The highest BCUT2D eigenvalue weighted by Gasteiger charge is 2.36. The van der Waals surface area contributed by atoms with Gasteiger partial charge in [0.2, 0.25) is 11.8 Å². The van der Waals surface area contributed by atoms with Crippen molar-refractivity contribution >= 4 is 23.2 Å². The lowest BCUT2D eigenvalue weighted by atomic mass is 10.1. The lowest BCUT2D eigenvalue weighted by Gasteiger charge is -2.18. The summed E-state index contributed by atoms with van der Waals surface area (Å²) in [6.45, 7) is 0.124. The van der Waals surface area contributed by atoms with Crippen LogP contribution in [0, 0.1) is 5.92 Å². The minimum atomic E-state index is -4.88. The molecule has 1 aliphatic rings. The molecule has 1 saturated heterocycles. The Kier molecular flexibility index (Phi) is 5.43. The minimum Gasteiger partial charge on any atom is -0.497 e. The van der Waals surface area contributed by atoms with E-state index in [-0.39, 0.29) is 24.6 Å². The van der Waals surface area contributed by atoms with E-state index in [4.69, 9.17) is 4.74 Å². The molecule has 0 aromatic heterocycles. The van der Waals surface area contributed by atoms with Crippen LogP contribution >= 0.6 is 0 Å². The smallest absolute Gasteiger partial charge is 0.497 e. The topological polar surface area (TPSA) is 67.9 Å². The van der Waals surface area contributed by atoms with Crippen molar-refractivity contribution in [1.82, 2.24) is 0 Å². The molecule has 1 N–H and O–H groups in total. The van der Waals surface area contributed by atoms with Crippen LogP contribution in [0.25, 0.3) is 0 Å². The van der Waals surface area contributed by atoms with Crippen LogP contribution in [0.3, 0.4) is 0 Å². The van der Waals surface area contributed by atoms with Crippen molar-refractivity contribution in [1.29, 1.82) is 0 Å². The molecule has 3 rings (SSSR count). The van der Waals surface area contributed by atoms with Crippen LogP contribution in [0.2, 0.25) is 0 Å². The molecular formula is C19H17F3N2O4. The number of carbonyl (C=O) groups is 2. The summed E-state index contributed by atoms with van der Waals surface area (Å²) in [5, 5.41) is 2.42. The number of carbonyl (C=O) groups excluding carboxylic acids is 2. The van der Waals surface area contributed by atoms with E-state index >= 15 is 0 Å². The molecule has 1 atom stereocenters. The molecule has 0 aliphatic carbocycles. The van der Waals surface area contributed by atoms with E-state index in [0.717, 1.165) is 6.07 Å². The Morgan fingerprint density at radius 2 is 1.82 bits per heavy atom. The lowest BCUT2D eigenvalue weighted by molar-refractivity contribution is -0.274. The molecule has 2 aromatic carbocycles. The third-order valence-corrected chi connectivity index (χ3v) is 4.25. The number of benzene rings is 2. The number of methoxy groups -OCH3 is 1. The molecule has 0 radical (unpaired) electrons. The number of halogens is 3. The molecule has 148 valence electrons.